The van der Waals surface area contributed by atoms with E-state index in [-0.39, 0.29) is 5.75 Å². The lowest BCUT2D eigenvalue weighted by Crippen LogP contribution is -2.44. The summed E-state index contributed by atoms with van der Waals surface area (Å²) in [4.78, 5) is 0. The minimum Gasteiger partial charge on any atom is -0.385 e. The molecule has 6 heteroatoms. The van der Waals surface area contributed by atoms with Crippen molar-refractivity contribution in [2.45, 2.75) is 32.2 Å². The molecule has 108 valence electrons. The number of methoxy groups -OCH3 is 1. The SMILES string of the molecule is CNC(C)C1CCN(S(=O)(=O)CCCOC)CC1. The zero-order chi connectivity index (χ0) is 13.6. The van der Waals surface area contributed by atoms with Crippen molar-refractivity contribution in [3.63, 3.8) is 0 Å². The van der Waals surface area contributed by atoms with Crippen LogP contribution in [0.4, 0.5) is 0 Å². The van der Waals surface area contributed by atoms with Gasteiger partial charge < -0.3 is 10.1 Å². The van der Waals surface area contributed by atoms with E-state index in [4.69, 9.17) is 4.74 Å². The molecule has 1 aliphatic heterocycles. The molecule has 1 N–H and O–H groups in total. The number of hydrogen-bond donors (Lipinski definition) is 1. The second-order valence-corrected chi connectivity index (χ2v) is 7.06. The van der Waals surface area contributed by atoms with Crippen molar-refractivity contribution in [2.75, 3.05) is 39.6 Å². The van der Waals surface area contributed by atoms with E-state index in [1.54, 1.807) is 11.4 Å². The van der Waals surface area contributed by atoms with E-state index in [9.17, 15) is 8.42 Å². The average Bonchev–Trinajstić information content (AvgIpc) is 2.38. The maximum absolute atomic E-state index is 12.1. The van der Waals surface area contributed by atoms with Crippen LogP contribution in [-0.4, -0.2) is 58.4 Å². The smallest absolute Gasteiger partial charge is 0.214 e. The molecule has 1 rings (SSSR count). The van der Waals surface area contributed by atoms with Gasteiger partial charge in [-0.1, -0.05) is 0 Å². The Hall–Kier alpha value is -0.170. The van der Waals surface area contributed by atoms with Crippen molar-refractivity contribution < 1.29 is 13.2 Å². The van der Waals surface area contributed by atoms with E-state index >= 15 is 0 Å². The molecule has 1 unspecified atom stereocenters. The lowest BCUT2D eigenvalue weighted by molar-refractivity contribution is 0.198. The summed E-state index contributed by atoms with van der Waals surface area (Å²) in [6, 6.07) is 0.461. The van der Waals surface area contributed by atoms with Crippen LogP contribution in [0.15, 0.2) is 0 Å². The predicted octanol–water partition coefficient (Wildman–Crippen LogP) is 0.673. The highest BCUT2D eigenvalue weighted by Gasteiger charge is 2.29. The van der Waals surface area contributed by atoms with Gasteiger partial charge in [0.1, 0.15) is 0 Å². The van der Waals surface area contributed by atoms with Crippen molar-refractivity contribution >= 4 is 10.0 Å². The molecule has 1 fully saturated rings. The minimum atomic E-state index is -3.08. The zero-order valence-corrected chi connectivity index (χ0v) is 12.5. The largest absolute Gasteiger partial charge is 0.385 e. The Morgan fingerprint density at radius 1 is 1.39 bits per heavy atom. The number of sulfonamides is 1. The van der Waals surface area contributed by atoms with Crippen LogP contribution < -0.4 is 5.32 Å². The molecule has 1 aliphatic rings. The van der Waals surface area contributed by atoms with E-state index in [2.05, 4.69) is 12.2 Å². The van der Waals surface area contributed by atoms with Crippen LogP contribution in [0, 0.1) is 5.92 Å². The Kier molecular flexibility index (Phi) is 6.55. The first kappa shape index (κ1) is 15.9. The molecule has 18 heavy (non-hydrogen) atoms. The fraction of sp³-hybridized carbons (Fsp3) is 1.00. The lowest BCUT2D eigenvalue weighted by Gasteiger charge is -2.34. The monoisotopic (exact) mass is 278 g/mol. The van der Waals surface area contributed by atoms with E-state index < -0.39 is 10.0 Å². The summed E-state index contributed by atoms with van der Waals surface area (Å²) in [5.41, 5.74) is 0. The average molecular weight is 278 g/mol. The number of hydrogen-bond acceptors (Lipinski definition) is 4. The fourth-order valence-corrected chi connectivity index (χ4v) is 3.91. The molecule has 0 aromatic carbocycles. The van der Waals surface area contributed by atoms with Crippen molar-refractivity contribution in [3.05, 3.63) is 0 Å². The first-order chi connectivity index (χ1) is 8.51. The first-order valence-corrected chi connectivity index (χ1v) is 8.26. The number of piperidine rings is 1. The van der Waals surface area contributed by atoms with Crippen LogP contribution in [0.2, 0.25) is 0 Å². The molecule has 0 aliphatic carbocycles. The molecule has 5 nitrogen and oxygen atoms in total. The van der Waals surface area contributed by atoms with Gasteiger partial charge in [-0.25, -0.2) is 12.7 Å². The van der Waals surface area contributed by atoms with Gasteiger partial charge in [0.2, 0.25) is 10.0 Å². The normalized spacial score (nSPS) is 21.1. The molecule has 1 heterocycles. The predicted molar refractivity (Wildman–Crippen MR) is 73.1 cm³/mol. The summed E-state index contributed by atoms with van der Waals surface area (Å²) in [6.45, 7) is 3.98. The van der Waals surface area contributed by atoms with E-state index in [0.717, 1.165) is 12.8 Å². The van der Waals surface area contributed by atoms with Crippen LogP contribution in [0.1, 0.15) is 26.2 Å². The van der Waals surface area contributed by atoms with Gasteiger partial charge >= 0.3 is 0 Å². The van der Waals surface area contributed by atoms with Crippen molar-refractivity contribution in [1.82, 2.24) is 9.62 Å². The van der Waals surface area contributed by atoms with Crippen molar-refractivity contribution in [1.29, 1.82) is 0 Å². The van der Waals surface area contributed by atoms with Crippen molar-refractivity contribution in [2.24, 2.45) is 5.92 Å². The van der Waals surface area contributed by atoms with E-state index in [1.807, 2.05) is 7.05 Å². The molecular formula is C12H26N2O3S. The third-order valence-corrected chi connectivity index (χ3v) is 5.76. The highest BCUT2D eigenvalue weighted by Crippen LogP contribution is 2.22. The van der Waals surface area contributed by atoms with Gasteiger partial charge in [0, 0.05) is 32.8 Å². The second kappa shape index (κ2) is 7.43. The van der Waals surface area contributed by atoms with E-state index in [1.165, 1.54) is 0 Å². The van der Waals surface area contributed by atoms with Gasteiger partial charge in [0.25, 0.3) is 0 Å². The molecule has 0 saturated carbocycles. The summed E-state index contributed by atoms with van der Waals surface area (Å²) in [5, 5.41) is 3.25. The van der Waals surface area contributed by atoms with Gasteiger partial charge in [-0.05, 0) is 39.2 Å². The second-order valence-electron chi connectivity index (χ2n) is 4.98. The summed E-state index contributed by atoms with van der Waals surface area (Å²) in [7, 11) is 0.473. The molecule has 0 bridgehead atoms. The quantitative estimate of drug-likeness (QED) is 0.696. The molecule has 1 atom stereocenters. The third kappa shape index (κ3) is 4.50. The van der Waals surface area contributed by atoms with Crippen LogP contribution >= 0.6 is 0 Å². The summed E-state index contributed by atoms with van der Waals surface area (Å²) in [5.74, 6) is 0.785. The standard InChI is InChI=1S/C12H26N2O3S/c1-11(13-2)12-5-7-14(8-6-12)18(15,16)10-4-9-17-3/h11-13H,4-10H2,1-3H3. The highest BCUT2D eigenvalue weighted by atomic mass is 32.2. The Morgan fingerprint density at radius 3 is 2.50 bits per heavy atom. The van der Waals surface area contributed by atoms with E-state index in [0.29, 0.717) is 38.1 Å². The highest BCUT2D eigenvalue weighted by molar-refractivity contribution is 7.89. The number of nitrogens with zero attached hydrogens (tertiary/aromatic N) is 1. The number of rotatable bonds is 7. The zero-order valence-electron chi connectivity index (χ0n) is 11.7. The molecule has 0 aromatic heterocycles. The number of ether oxygens (including phenoxy) is 1. The van der Waals surface area contributed by atoms with Gasteiger partial charge in [0.05, 0.1) is 5.75 Å². The fourth-order valence-electron chi connectivity index (χ4n) is 2.40. The van der Waals surface area contributed by atoms with Gasteiger partial charge in [-0.15, -0.1) is 0 Å². The molecule has 1 saturated heterocycles. The molecule has 0 aromatic rings. The first-order valence-electron chi connectivity index (χ1n) is 6.65. The Morgan fingerprint density at radius 2 is 2.00 bits per heavy atom. The van der Waals surface area contributed by atoms with Crippen LogP contribution in [-0.2, 0) is 14.8 Å². The molecule has 0 amide bonds. The van der Waals surface area contributed by atoms with Gasteiger partial charge in [-0.2, -0.15) is 0 Å². The Balaban J connectivity index is 2.41. The summed E-state index contributed by atoms with van der Waals surface area (Å²) in [6.07, 6.45) is 2.47. The lowest BCUT2D eigenvalue weighted by atomic mass is 9.91. The Bertz CT molecular complexity index is 324. The summed E-state index contributed by atoms with van der Waals surface area (Å²) >= 11 is 0. The number of nitrogens with one attached hydrogen (secondary N) is 1. The van der Waals surface area contributed by atoms with Crippen molar-refractivity contribution in [3.8, 4) is 0 Å². The van der Waals surface area contributed by atoms with Crippen LogP contribution in [0.3, 0.4) is 0 Å². The topological polar surface area (TPSA) is 58.6 Å². The Labute approximate surface area is 111 Å². The third-order valence-electron chi connectivity index (χ3n) is 3.81. The summed E-state index contributed by atoms with van der Waals surface area (Å²) < 4.78 is 30.7. The maximum atomic E-state index is 12.1. The van der Waals surface area contributed by atoms with Gasteiger partial charge in [-0.3, -0.25) is 0 Å². The molecule has 0 radical (unpaired) electrons. The van der Waals surface area contributed by atoms with Crippen LogP contribution in [0.5, 0.6) is 0 Å². The minimum absolute atomic E-state index is 0.201. The molecular weight excluding hydrogens is 252 g/mol. The molecule has 0 spiro atoms. The maximum Gasteiger partial charge on any atom is 0.214 e. The van der Waals surface area contributed by atoms with Crippen LogP contribution in [0.25, 0.3) is 0 Å². The van der Waals surface area contributed by atoms with Gasteiger partial charge in [0.15, 0.2) is 0 Å².